The molecule has 2 atom stereocenters. The Labute approximate surface area is 119 Å². The highest BCUT2D eigenvalue weighted by molar-refractivity contribution is 4.80. The van der Waals surface area contributed by atoms with Gasteiger partial charge in [0.2, 0.25) is 0 Å². The lowest BCUT2D eigenvalue weighted by atomic mass is 9.82. The Balaban J connectivity index is 0.00000128. The quantitative estimate of drug-likeness (QED) is 0.516. The van der Waals surface area contributed by atoms with Crippen LogP contribution in [0.3, 0.4) is 0 Å². The van der Waals surface area contributed by atoms with Gasteiger partial charge in [-0.25, -0.2) is 0 Å². The molecular weight excluding hydrogens is 309 g/mol. The fourth-order valence-corrected chi connectivity index (χ4v) is 4.26. The molecule has 1 nitrogen and oxygen atoms in total. The molecule has 1 aliphatic heterocycles. The lowest BCUT2D eigenvalue weighted by Crippen LogP contribution is -3.00. The molecule has 0 radical (unpaired) electrons. The van der Waals surface area contributed by atoms with E-state index in [1.165, 1.54) is 69.2 Å². The van der Waals surface area contributed by atoms with Crippen LogP contribution in [0.15, 0.2) is 0 Å². The van der Waals surface area contributed by atoms with Crippen molar-refractivity contribution in [3.8, 4) is 0 Å². The van der Waals surface area contributed by atoms with Crippen LogP contribution in [0.2, 0.25) is 0 Å². The van der Waals surface area contributed by atoms with Gasteiger partial charge in [0.25, 0.3) is 0 Å². The Kier molecular flexibility index (Phi) is 6.06. The molecule has 1 aliphatic carbocycles. The van der Waals surface area contributed by atoms with Gasteiger partial charge < -0.3 is 28.5 Å². The lowest BCUT2D eigenvalue weighted by molar-refractivity contribution is -0.919. The lowest BCUT2D eigenvalue weighted by Gasteiger charge is -2.34. The van der Waals surface area contributed by atoms with Crippen LogP contribution < -0.4 is 24.0 Å². The van der Waals surface area contributed by atoms with E-state index in [0.717, 1.165) is 11.8 Å². The molecule has 0 aromatic carbocycles. The third-order valence-electron chi connectivity index (χ3n) is 4.71. The first-order chi connectivity index (χ1) is 7.29. The van der Waals surface area contributed by atoms with Crippen molar-refractivity contribution in [2.45, 2.75) is 52.4 Å². The third-order valence-corrected chi connectivity index (χ3v) is 4.71. The summed E-state index contributed by atoms with van der Waals surface area (Å²) in [5.41, 5.74) is 0. The molecule has 16 heavy (non-hydrogen) atoms. The van der Waals surface area contributed by atoms with Gasteiger partial charge in [0.1, 0.15) is 0 Å². The summed E-state index contributed by atoms with van der Waals surface area (Å²) in [6.07, 6.45) is 8.86. The van der Waals surface area contributed by atoms with Gasteiger partial charge in [0.15, 0.2) is 0 Å². The van der Waals surface area contributed by atoms with Gasteiger partial charge in [-0.1, -0.05) is 26.7 Å². The molecule has 2 unspecified atom stereocenters. The number of fused-ring (bicyclic) bond motifs is 1. The molecule has 1 heterocycles. The molecule has 0 aromatic heterocycles. The number of hydrogen-bond acceptors (Lipinski definition) is 0. The molecule has 0 aromatic rings. The second-order valence-corrected chi connectivity index (χ2v) is 5.96. The van der Waals surface area contributed by atoms with Crippen molar-refractivity contribution in [3.63, 3.8) is 0 Å². The highest BCUT2D eigenvalue weighted by Gasteiger charge is 2.44. The molecule has 2 aliphatic rings. The maximum absolute atomic E-state index is 2.36. The van der Waals surface area contributed by atoms with Gasteiger partial charge >= 0.3 is 0 Å². The minimum atomic E-state index is 0. The van der Waals surface area contributed by atoms with Gasteiger partial charge in [-0.15, -0.1) is 0 Å². The minimum Gasteiger partial charge on any atom is -1.00 e. The van der Waals surface area contributed by atoms with E-state index in [1.54, 1.807) is 0 Å². The first kappa shape index (κ1) is 14.7. The van der Waals surface area contributed by atoms with Crippen molar-refractivity contribution in [2.24, 2.45) is 11.8 Å². The zero-order chi connectivity index (χ0) is 10.7. The standard InChI is InChI=1S/C14H28N.HI/c1-3-9-15(10-4-2)11-13-7-5-6-8-14(13)12-15;/h13-14H,3-12H2,1-2H3;1H/q+1;/p-1. The Morgan fingerprint density at radius 1 is 0.875 bits per heavy atom. The van der Waals surface area contributed by atoms with Crippen molar-refractivity contribution in [1.29, 1.82) is 0 Å². The molecule has 2 heteroatoms. The maximum Gasteiger partial charge on any atom is 0.0820 e. The zero-order valence-corrected chi connectivity index (χ0v) is 13.2. The number of hydrogen-bond donors (Lipinski definition) is 0. The summed E-state index contributed by atoms with van der Waals surface area (Å²) in [4.78, 5) is 0. The molecular formula is C14H28IN. The number of likely N-dealkylation sites (tertiary alicyclic amines) is 1. The van der Waals surface area contributed by atoms with E-state index in [1.807, 2.05) is 0 Å². The van der Waals surface area contributed by atoms with Crippen molar-refractivity contribution >= 4 is 0 Å². The summed E-state index contributed by atoms with van der Waals surface area (Å²) in [7, 11) is 0. The SMILES string of the molecule is CCC[N+]1(CCC)CC2CCCCC2C1.[I-]. The normalized spacial score (nSPS) is 31.9. The number of quaternary nitrogens is 1. The Hall–Kier alpha value is 0.690. The van der Waals surface area contributed by atoms with E-state index in [-0.39, 0.29) is 24.0 Å². The highest BCUT2D eigenvalue weighted by atomic mass is 127. The Bertz CT molecular complexity index is 183. The molecule has 2 rings (SSSR count). The van der Waals surface area contributed by atoms with E-state index < -0.39 is 0 Å². The summed E-state index contributed by atoms with van der Waals surface area (Å²) in [6.45, 7) is 10.6. The Morgan fingerprint density at radius 2 is 1.31 bits per heavy atom. The van der Waals surface area contributed by atoms with Crippen LogP contribution in [0, 0.1) is 11.8 Å². The molecule has 1 saturated heterocycles. The average molecular weight is 337 g/mol. The van der Waals surface area contributed by atoms with Crippen LogP contribution in [-0.4, -0.2) is 30.7 Å². The minimum absolute atomic E-state index is 0. The van der Waals surface area contributed by atoms with Crippen LogP contribution in [0.1, 0.15) is 52.4 Å². The Morgan fingerprint density at radius 3 is 1.69 bits per heavy atom. The summed E-state index contributed by atoms with van der Waals surface area (Å²) in [6, 6.07) is 0. The fourth-order valence-electron chi connectivity index (χ4n) is 4.26. The van der Waals surface area contributed by atoms with Crippen LogP contribution >= 0.6 is 0 Å². The molecule has 96 valence electrons. The highest BCUT2D eigenvalue weighted by Crippen LogP contribution is 2.40. The zero-order valence-electron chi connectivity index (χ0n) is 11.1. The van der Waals surface area contributed by atoms with Crippen molar-refractivity contribution in [3.05, 3.63) is 0 Å². The molecule has 2 fully saturated rings. The number of rotatable bonds is 4. The second-order valence-electron chi connectivity index (χ2n) is 5.96. The van der Waals surface area contributed by atoms with Gasteiger partial charge in [-0.2, -0.15) is 0 Å². The fraction of sp³-hybridized carbons (Fsp3) is 1.00. The topological polar surface area (TPSA) is 0 Å². The van der Waals surface area contributed by atoms with E-state index in [0.29, 0.717) is 0 Å². The monoisotopic (exact) mass is 337 g/mol. The smallest absolute Gasteiger partial charge is 0.0820 e. The molecule has 0 bridgehead atoms. The molecule has 0 spiro atoms. The maximum atomic E-state index is 2.36. The summed E-state index contributed by atoms with van der Waals surface area (Å²) in [5, 5.41) is 0. The summed E-state index contributed by atoms with van der Waals surface area (Å²) in [5.74, 6) is 2.19. The summed E-state index contributed by atoms with van der Waals surface area (Å²) >= 11 is 0. The van der Waals surface area contributed by atoms with E-state index in [9.17, 15) is 0 Å². The van der Waals surface area contributed by atoms with Crippen molar-refractivity contribution in [2.75, 3.05) is 26.2 Å². The van der Waals surface area contributed by atoms with Gasteiger partial charge in [0.05, 0.1) is 26.2 Å². The van der Waals surface area contributed by atoms with Crippen LogP contribution in [0.4, 0.5) is 0 Å². The predicted octanol–water partition coefficient (Wildman–Crippen LogP) is 0.447. The number of nitrogens with zero attached hydrogens (tertiary/aromatic N) is 1. The third kappa shape index (κ3) is 3.12. The van der Waals surface area contributed by atoms with Crippen LogP contribution in [0.5, 0.6) is 0 Å². The van der Waals surface area contributed by atoms with E-state index in [2.05, 4.69) is 13.8 Å². The average Bonchev–Trinajstić information content (AvgIpc) is 2.56. The largest absolute Gasteiger partial charge is 1.00 e. The van der Waals surface area contributed by atoms with Gasteiger partial charge in [0, 0.05) is 11.8 Å². The second kappa shape index (κ2) is 6.58. The first-order valence-corrected chi connectivity index (χ1v) is 7.15. The predicted molar refractivity (Wildman–Crippen MR) is 65.8 cm³/mol. The van der Waals surface area contributed by atoms with Crippen LogP contribution in [0.25, 0.3) is 0 Å². The van der Waals surface area contributed by atoms with Crippen LogP contribution in [-0.2, 0) is 0 Å². The van der Waals surface area contributed by atoms with Crippen molar-refractivity contribution < 1.29 is 28.5 Å². The van der Waals surface area contributed by atoms with E-state index >= 15 is 0 Å². The molecule has 0 N–H and O–H groups in total. The van der Waals surface area contributed by atoms with E-state index in [4.69, 9.17) is 0 Å². The number of halogens is 1. The first-order valence-electron chi connectivity index (χ1n) is 7.15. The van der Waals surface area contributed by atoms with Gasteiger partial charge in [-0.05, 0) is 25.7 Å². The summed E-state index contributed by atoms with van der Waals surface area (Å²) < 4.78 is 1.47. The van der Waals surface area contributed by atoms with Crippen molar-refractivity contribution in [1.82, 2.24) is 0 Å². The molecule has 1 saturated carbocycles. The molecule has 0 amide bonds. The van der Waals surface area contributed by atoms with Gasteiger partial charge in [-0.3, -0.25) is 0 Å².